The number of fused-ring (bicyclic) bond motifs is 1. The summed E-state index contributed by atoms with van der Waals surface area (Å²) in [6, 6.07) is 7.95. The molecule has 1 aromatic carbocycles. The van der Waals surface area contributed by atoms with Crippen molar-refractivity contribution in [3.63, 3.8) is 0 Å². The van der Waals surface area contributed by atoms with Gasteiger partial charge in [0.2, 0.25) is 5.91 Å². The van der Waals surface area contributed by atoms with Gasteiger partial charge in [-0.1, -0.05) is 26.0 Å². The number of nitrogens with zero attached hydrogens (tertiary/aromatic N) is 2. The van der Waals surface area contributed by atoms with E-state index in [0.29, 0.717) is 18.9 Å². The zero-order valence-electron chi connectivity index (χ0n) is 10.9. The van der Waals surface area contributed by atoms with Crippen molar-refractivity contribution in [1.29, 1.82) is 0 Å². The van der Waals surface area contributed by atoms with Crippen molar-refractivity contribution in [3.8, 4) is 0 Å². The predicted octanol–water partition coefficient (Wildman–Crippen LogP) is 2.20. The first-order valence-electron chi connectivity index (χ1n) is 6.33. The lowest BCUT2D eigenvalue weighted by atomic mass is 10.2. The number of hydrogen-bond donors (Lipinski definition) is 1. The zero-order chi connectivity index (χ0) is 13.0. The number of benzene rings is 1. The summed E-state index contributed by atoms with van der Waals surface area (Å²) in [5.74, 6) is 0.588. The Morgan fingerprint density at radius 1 is 1.39 bits per heavy atom. The third-order valence-electron chi connectivity index (χ3n) is 2.81. The summed E-state index contributed by atoms with van der Waals surface area (Å²) in [7, 11) is 0. The summed E-state index contributed by atoms with van der Waals surface area (Å²) in [5, 5.41) is 2.92. The van der Waals surface area contributed by atoms with Crippen LogP contribution in [0.4, 0.5) is 0 Å². The van der Waals surface area contributed by atoms with Crippen LogP contribution in [0.15, 0.2) is 30.6 Å². The number of nitrogens with one attached hydrogen (secondary N) is 1. The highest BCUT2D eigenvalue weighted by Gasteiger charge is 2.05. The highest BCUT2D eigenvalue weighted by molar-refractivity contribution is 5.77. The molecular weight excluding hydrogens is 226 g/mol. The van der Waals surface area contributed by atoms with Crippen molar-refractivity contribution in [2.45, 2.75) is 26.8 Å². The third-order valence-corrected chi connectivity index (χ3v) is 2.81. The van der Waals surface area contributed by atoms with E-state index < -0.39 is 0 Å². The molecular formula is C14H19N3O. The Morgan fingerprint density at radius 2 is 2.17 bits per heavy atom. The van der Waals surface area contributed by atoms with E-state index in [1.165, 1.54) is 0 Å². The maximum Gasteiger partial charge on any atom is 0.221 e. The smallest absolute Gasteiger partial charge is 0.221 e. The molecule has 0 aliphatic carbocycles. The van der Waals surface area contributed by atoms with Crippen LogP contribution in [0.3, 0.4) is 0 Å². The fourth-order valence-corrected chi connectivity index (χ4v) is 1.82. The van der Waals surface area contributed by atoms with Gasteiger partial charge in [-0.25, -0.2) is 4.98 Å². The van der Waals surface area contributed by atoms with Gasteiger partial charge in [0.15, 0.2) is 0 Å². The second-order valence-electron chi connectivity index (χ2n) is 4.87. The fourth-order valence-electron chi connectivity index (χ4n) is 1.82. The Hall–Kier alpha value is -1.84. The molecule has 96 valence electrons. The molecule has 0 aliphatic rings. The molecule has 0 unspecified atom stereocenters. The Bertz CT molecular complexity index is 531. The highest BCUT2D eigenvalue weighted by Crippen LogP contribution is 2.11. The molecule has 0 radical (unpaired) electrons. The van der Waals surface area contributed by atoms with Crippen molar-refractivity contribution in [2.24, 2.45) is 5.92 Å². The molecule has 1 heterocycles. The molecule has 1 N–H and O–H groups in total. The fraction of sp³-hybridized carbons (Fsp3) is 0.429. The van der Waals surface area contributed by atoms with E-state index >= 15 is 0 Å². The van der Waals surface area contributed by atoms with Crippen LogP contribution < -0.4 is 5.32 Å². The predicted molar refractivity (Wildman–Crippen MR) is 72.2 cm³/mol. The number of imidazole rings is 1. The largest absolute Gasteiger partial charge is 0.356 e. The van der Waals surface area contributed by atoms with Gasteiger partial charge in [-0.15, -0.1) is 0 Å². The van der Waals surface area contributed by atoms with Crippen LogP contribution in [0.25, 0.3) is 11.0 Å². The van der Waals surface area contributed by atoms with E-state index in [4.69, 9.17) is 0 Å². The Kier molecular flexibility index (Phi) is 3.97. The van der Waals surface area contributed by atoms with Crippen LogP contribution in [-0.2, 0) is 11.3 Å². The maximum atomic E-state index is 11.6. The van der Waals surface area contributed by atoms with Gasteiger partial charge in [0, 0.05) is 19.5 Å². The number of para-hydroxylation sites is 2. The first-order chi connectivity index (χ1) is 8.66. The van der Waals surface area contributed by atoms with Crippen molar-refractivity contribution >= 4 is 16.9 Å². The minimum Gasteiger partial charge on any atom is -0.356 e. The molecule has 2 rings (SSSR count). The van der Waals surface area contributed by atoms with Gasteiger partial charge in [0.1, 0.15) is 0 Å². The van der Waals surface area contributed by atoms with Gasteiger partial charge < -0.3 is 9.88 Å². The van der Waals surface area contributed by atoms with Crippen LogP contribution in [0.5, 0.6) is 0 Å². The molecule has 1 amide bonds. The van der Waals surface area contributed by atoms with Crippen LogP contribution in [-0.4, -0.2) is 22.0 Å². The lowest BCUT2D eigenvalue weighted by Gasteiger charge is -2.08. The summed E-state index contributed by atoms with van der Waals surface area (Å²) in [5.41, 5.74) is 2.05. The molecule has 4 nitrogen and oxygen atoms in total. The Labute approximate surface area is 107 Å². The molecule has 0 saturated heterocycles. The Morgan fingerprint density at radius 3 is 2.94 bits per heavy atom. The molecule has 0 bridgehead atoms. The average Bonchev–Trinajstić information content (AvgIpc) is 2.77. The van der Waals surface area contributed by atoms with Gasteiger partial charge >= 0.3 is 0 Å². The van der Waals surface area contributed by atoms with E-state index in [-0.39, 0.29) is 5.91 Å². The van der Waals surface area contributed by atoms with Crippen molar-refractivity contribution in [2.75, 3.05) is 6.54 Å². The highest BCUT2D eigenvalue weighted by atomic mass is 16.1. The van der Waals surface area contributed by atoms with E-state index in [9.17, 15) is 4.79 Å². The first-order valence-corrected chi connectivity index (χ1v) is 6.33. The number of hydrogen-bond acceptors (Lipinski definition) is 2. The number of rotatable bonds is 5. The topological polar surface area (TPSA) is 46.9 Å². The lowest BCUT2D eigenvalue weighted by molar-refractivity contribution is -0.121. The molecule has 1 aromatic heterocycles. The number of amides is 1. The number of aromatic nitrogens is 2. The molecule has 0 aliphatic heterocycles. The molecule has 0 fully saturated rings. The molecule has 4 heteroatoms. The molecule has 0 spiro atoms. The zero-order valence-corrected chi connectivity index (χ0v) is 10.9. The minimum atomic E-state index is 0.0986. The standard InChI is InChI=1S/C14H19N3O/c1-11(2)9-15-14(18)7-8-17-10-16-12-5-3-4-6-13(12)17/h3-6,10-11H,7-9H2,1-2H3,(H,15,18). The van der Waals surface area contributed by atoms with Crippen molar-refractivity contribution in [3.05, 3.63) is 30.6 Å². The van der Waals surface area contributed by atoms with Crippen LogP contribution in [0.1, 0.15) is 20.3 Å². The summed E-state index contributed by atoms with van der Waals surface area (Å²) in [6.07, 6.45) is 2.29. The van der Waals surface area contributed by atoms with Gasteiger partial charge in [0.05, 0.1) is 17.4 Å². The van der Waals surface area contributed by atoms with E-state index in [2.05, 4.69) is 24.1 Å². The molecule has 0 atom stereocenters. The van der Waals surface area contributed by atoms with Gasteiger partial charge in [-0.3, -0.25) is 4.79 Å². The summed E-state index contributed by atoms with van der Waals surface area (Å²) < 4.78 is 2.02. The summed E-state index contributed by atoms with van der Waals surface area (Å²) >= 11 is 0. The van der Waals surface area contributed by atoms with Crippen LogP contribution in [0, 0.1) is 5.92 Å². The summed E-state index contributed by atoms with van der Waals surface area (Å²) in [6.45, 7) is 5.58. The maximum absolute atomic E-state index is 11.6. The minimum absolute atomic E-state index is 0.0986. The molecule has 18 heavy (non-hydrogen) atoms. The van der Waals surface area contributed by atoms with Crippen LogP contribution in [0.2, 0.25) is 0 Å². The van der Waals surface area contributed by atoms with E-state index in [1.54, 1.807) is 6.33 Å². The van der Waals surface area contributed by atoms with Gasteiger partial charge in [-0.05, 0) is 18.1 Å². The van der Waals surface area contributed by atoms with Crippen molar-refractivity contribution in [1.82, 2.24) is 14.9 Å². The first kappa shape index (κ1) is 12.6. The monoisotopic (exact) mass is 245 g/mol. The SMILES string of the molecule is CC(C)CNC(=O)CCn1cnc2ccccc21. The van der Waals surface area contributed by atoms with E-state index in [0.717, 1.165) is 17.6 Å². The summed E-state index contributed by atoms with van der Waals surface area (Å²) in [4.78, 5) is 15.9. The average molecular weight is 245 g/mol. The number of carbonyl (C=O) groups excluding carboxylic acids is 1. The number of carbonyl (C=O) groups is 1. The quantitative estimate of drug-likeness (QED) is 0.877. The normalized spacial score (nSPS) is 11.1. The number of aryl methyl sites for hydroxylation is 1. The van der Waals surface area contributed by atoms with E-state index in [1.807, 2.05) is 28.8 Å². The lowest BCUT2D eigenvalue weighted by Crippen LogP contribution is -2.27. The molecule has 2 aromatic rings. The second-order valence-corrected chi connectivity index (χ2v) is 4.87. The van der Waals surface area contributed by atoms with Gasteiger partial charge in [0.25, 0.3) is 0 Å². The third kappa shape index (κ3) is 3.09. The second kappa shape index (κ2) is 5.67. The van der Waals surface area contributed by atoms with Crippen molar-refractivity contribution < 1.29 is 4.79 Å². The Balaban J connectivity index is 1.92. The van der Waals surface area contributed by atoms with Gasteiger partial charge in [-0.2, -0.15) is 0 Å². The molecule has 0 saturated carbocycles. The van der Waals surface area contributed by atoms with Crippen LogP contribution >= 0.6 is 0 Å².